The third kappa shape index (κ3) is 9.75. The van der Waals surface area contributed by atoms with Crippen LogP contribution in [0.3, 0.4) is 0 Å². The van der Waals surface area contributed by atoms with Gasteiger partial charge in [0.2, 0.25) is 0 Å². The summed E-state index contributed by atoms with van der Waals surface area (Å²) < 4.78 is 0. The Morgan fingerprint density at radius 2 is 2.00 bits per heavy atom. The third-order valence-corrected chi connectivity index (χ3v) is 5.05. The Labute approximate surface area is 174 Å². The Bertz CT molecular complexity index is 494. The van der Waals surface area contributed by atoms with Crippen LogP contribution in [-0.4, -0.2) is 35.7 Å². The summed E-state index contributed by atoms with van der Waals surface area (Å²) in [6.45, 7) is 13.3. The first kappa shape index (κ1) is 24.6. The van der Waals surface area contributed by atoms with E-state index in [1.54, 1.807) is 11.3 Å². The van der Waals surface area contributed by atoms with Crippen LogP contribution in [0, 0.1) is 5.92 Å². The maximum atomic E-state index is 9.17. The molecule has 0 radical (unpaired) electrons. The van der Waals surface area contributed by atoms with Crippen LogP contribution >= 0.6 is 35.3 Å². The second-order valence-corrected chi connectivity index (χ2v) is 8.00. The lowest BCUT2D eigenvalue weighted by Crippen LogP contribution is -2.40. The molecule has 0 saturated heterocycles. The predicted octanol–water partition coefficient (Wildman–Crippen LogP) is 3.91. The van der Waals surface area contributed by atoms with Crippen LogP contribution in [0.15, 0.2) is 10.4 Å². The van der Waals surface area contributed by atoms with Gasteiger partial charge >= 0.3 is 0 Å². The fraction of sp³-hybridized carbons (Fsp3) is 0.778. The summed E-state index contributed by atoms with van der Waals surface area (Å²) in [7, 11) is 0. The highest BCUT2D eigenvalue weighted by atomic mass is 127. The van der Waals surface area contributed by atoms with Gasteiger partial charge in [-0.05, 0) is 25.7 Å². The van der Waals surface area contributed by atoms with E-state index >= 15 is 0 Å². The number of thiazole rings is 1. The number of nitrogens with zero attached hydrogens (tertiary/aromatic N) is 2. The minimum absolute atomic E-state index is 0. The molecule has 0 fully saturated rings. The summed E-state index contributed by atoms with van der Waals surface area (Å²) >= 11 is 1.70. The van der Waals surface area contributed by atoms with E-state index in [1.165, 1.54) is 0 Å². The van der Waals surface area contributed by atoms with Crippen molar-refractivity contribution < 1.29 is 5.11 Å². The van der Waals surface area contributed by atoms with Gasteiger partial charge in [-0.2, -0.15) is 0 Å². The molecule has 0 aromatic carbocycles. The average Bonchev–Trinajstić information content (AvgIpc) is 2.99. The van der Waals surface area contributed by atoms with E-state index in [0.717, 1.165) is 49.0 Å². The van der Waals surface area contributed by atoms with E-state index in [1.807, 2.05) is 0 Å². The van der Waals surface area contributed by atoms with Crippen LogP contribution in [-0.2, 0) is 12.0 Å². The fourth-order valence-electron chi connectivity index (χ4n) is 2.41. The molecule has 25 heavy (non-hydrogen) atoms. The van der Waals surface area contributed by atoms with Crippen LogP contribution in [0.4, 0.5) is 0 Å². The number of hydrogen-bond acceptors (Lipinski definition) is 4. The quantitative estimate of drug-likeness (QED) is 0.284. The van der Waals surface area contributed by atoms with Gasteiger partial charge in [-0.25, -0.2) is 9.98 Å². The number of aromatic nitrogens is 1. The molecule has 0 saturated carbocycles. The molecule has 7 heteroatoms. The minimum atomic E-state index is 0. The Balaban J connectivity index is 0.00000576. The molecule has 0 spiro atoms. The molecule has 1 unspecified atom stereocenters. The van der Waals surface area contributed by atoms with Gasteiger partial charge in [-0.1, -0.05) is 34.1 Å². The van der Waals surface area contributed by atoms with Gasteiger partial charge in [0.15, 0.2) is 5.96 Å². The first-order valence-corrected chi connectivity index (χ1v) is 9.86. The molecular formula is C18H35IN4OS. The third-order valence-electron chi connectivity index (χ3n) is 3.73. The lowest BCUT2D eigenvalue weighted by atomic mass is 9.98. The summed E-state index contributed by atoms with van der Waals surface area (Å²) in [6.07, 6.45) is 3.09. The van der Waals surface area contributed by atoms with Crippen LogP contribution in [0.5, 0.6) is 0 Å². The van der Waals surface area contributed by atoms with Gasteiger partial charge in [0.25, 0.3) is 0 Å². The lowest BCUT2D eigenvalue weighted by molar-refractivity contribution is 0.251. The van der Waals surface area contributed by atoms with Crippen molar-refractivity contribution in [3.63, 3.8) is 0 Å². The zero-order valence-corrected chi connectivity index (χ0v) is 19.4. The summed E-state index contributed by atoms with van der Waals surface area (Å²) in [6, 6.07) is 0. The Morgan fingerprint density at radius 1 is 1.28 bits per heavy atom. The van der Waals surface area contributed by atoms with Crippen molar-refractivity contribution in [2.24, 2.45) is 10.9 Å². The number of aliphatic hydroxyl groups is 1. The molecule has 1 rings (SSSR count). The van der Waals surface area contributed by atoms with Gasteiger partial charge in [0.05, 0.1) is 17.2 Å². The molecule has 5 nitrogen and oxygen atoms in total. The van der Waals surface area contributed by atoms with Crippen molar-refractivity contribution in [1.82, 2.24) is 15.6 Å². The largest absolute Gasteiger partial charge is 0.396 e. The molecule has 1 atom stereocenters. The number of guanidine groups is 1. The Kier molecular flexibility index (Phi) is 12.7. The van der Waals surface area contributed by atoms with E-state index in [0.29, 0.717) is 12.5 Å². The average molecular weight is 482 g/mol. The van der Waals surface area contributed by atoms with Gasteiger partial charge < -0.3 is 15.7 Å². The standard InChI is InChI=1S/C18H34N4OS.HI/c1-6-8-14(9-10-23)11-20-17(19-7-2)21-12-15-13-24-16(22-15)18(3,4)5;/h13-14,23H,6-12H2,1-5H3,(H2,19,20,21);1H. The molecule has 0 bridgehead atoms. The molecule has 146 valence electrons. The first-order chi connectivity index (χ1) is 11.4. The maximum Gasteiger partial charge on any atom is 0.191 e. The number of aliphatic imine (C=N–C) groups is 1. The van der Waals surface area contributed by atoms with E-state index in [2.05, 4.69) is 55.6 Å². The molecule has 3 N–H and O–H groups in total. The van der Waals surface area contributed by atoms with E-state index in [4.69, 9.17) is 4.98 Å². The van der Waals surface area contributed by atoms with E-state index < -0.39 is 0 Å². The molecule has 1 aromatic rings. The maximum absolute atomic E-state index is 9.17. The monoisotopic (exact) mass is 482 g/mol. The molecule has 0 aliphatic carbocycles. The van der Waals surface area contributed by atoms with Gasteiger partial charge in [0, 0.05) is 30.5 Å². The van der Waals surface area contributed by atoms with Gasteiger partial charge in [0.1, 0.15) is 0 Å². The smallest absolute Gasteiger partial charge is 0.191 e. The van der Waals surface area contributed by atoms with Gasteiger partial charge in [-0.3, -0.25) is 0 Å². The second kappa shape index (κ2) is 12.9. The number of hydrogen-bond donors (Lipinski definition) is 3. The van der Waals surface area contributed by atoms with Crippen molar-refractivity contribution in [3.05, 3.63) is 16.1 Å². The SMILES string of the molecule is CCCC(CCO)CNC(=NCc1csc(C(C)(C)C)n1)NCC.I. The second-order valence-electron chi connectivity index (χ2n) is 7.14. The fourth-order valence-corrected chi connectivity index (χ4v) is 3.30. The molecular weight excluding hydrogens is 447 g/mol. The van der Waals surface area contributed by atoms with Crippen LogP contribution < -0.4 is 10.6 Å². The first-order valence-electron chi connectivity index (χ1n) is 8.98. The van der Waals surface area contributed by atoms with Crippen molar-refractivity contribution in [3.8, 4) is 0 Å². The highest BCUT2D eigenvalue weighted by Crippen LogP contribution is 2.25. The summed E-state index contributed by atoms with van der Waals surface area (Å²) in [5.74, 6) is 1.30. The predicted molar refractivity (Wildman–Crippen MR) is 119 cm³/mol. The highest BCUT2D eigenvalue weighted by Gasteiger charge is 2.17. The van der Waals surface area contributed by atoms with Crippen LogP contribution in [0.25, 0.3) is 0 Å². The van der Waals surface area contributed by atoms with E-state index in [-0.39, 0.29) is 36.0 Å². The van der Waals surface area contributed by atoms with Crippen molar-refractivity contribution in [2.75, 3.05) is 19.7 Å². The number of rotatable bonds is 9. The highest BCUT2D eigenvalue weighted by molar-refractivity contribution is 14.0. The van der Waals surface area contributed by atoms with Crippen molar-refractivity contribution >= 4 is 41.3 Å². The van der Waals surface area contributed by atoms with E-state index in [9.17, 15) is 5.11 Å². The number of aliphatic hydroxyl groups excluding tert-OH is 1. The summed E-state index contributed by atoms with van der Waals surface area (Å²) in [4.78, 5) is 9.34. The van der Waals surface area contributed by atoms with Crippen LogP contribution in [0.2, 0.25) is 0 Å². The normalized spacial score (nSPS) is 13.3. The molecule has 1 aromatic heterocycles. The number of nitrogens with one attached hydrogen (secondary N) is 2. The molecule has 0 aliphatic heterocycles. The lowest BCUT2D eigenvalue weighted by Gasteiger charge is -2.18. The minimum Gasteiger partial charge on any atom is -0.396 e. The topological polar surface area (TPSA) is 69.5 Å². The van der Waals surface area contributed by atoms with Crippen LogP contribution in [0.1, 0.15) is 64.6 Å². The molecule has 0 amide bonds. The summed E-state index contributed by atoms with van der Waals surface area (Å²) in [5, 5.41) is 19.1. The Morgan fingerprint density at radius 3 is 2.52 bits per heavy atom. The molecule has 1 heterocycles. The Hall–Kier alpha value is -0.410. The van der Waals surface area contributed by atoms with Crippen molar-refractivity contribution in [2.45, 2.75) is 65.8 Å². The zero-order valence-electron chi connectivity index (χ0n) is 16.3. The van der Waals surface area contributed by atoms with Crippen molar-refractivity contribution in [1.29, 1.82) is 0 Å². The summed E-state index contributed by atoms with van der Waals surface area (Å²) in [5.41, 5.74) is 1.11. The molecule has 0 aliphatic rings. The number of halogens is 1. The van der Waals surface area contributed by atoms with Gasteiger partial charge in [-0.15, -0.1) is 35.3 Å². The zero-order chi connectivity index (χ0) is 18.0.